The number of benzene rings is 2. The van der Waals surface area contributed by atoms with Gasteiger partial charge in [-0.15, -0.1) is 0 Å². The molecular formula is C16H15O4. The van der Waals surface area contributed by atoms with Gasteiger partial charge in [0.25, 0.3) is 0 Å². The van der Waals surface area contributed by atoms with Gasteiger partial charge in [0.05, 0.1) is 14.2 Å². The van der Waals surface area contributed by atoms with E-state index in [0.717, 1.165) is 11.1 Å². The lowest BCUT2D eigenvalue weighted by molar-refractivity contribution is -0.131. The maximum atomic E-state index is 11.0. The molecule has 0 aliphatic rings. The summed E-state index contributed by atoms with van der Waals surface area (Å²) in [5.74, 6) is 1.26. The Balaban J connectivity index is 2.48. The molecule has 0 bridgehead atoms. The number of carbonyl (C=O) groups is 1. The molecule has 0 fully saturated rings. The van der Waals surface area contributed by atoms with E-state index >= 15 is 0 Å². The second-order valence-electron chi connectivity index (χ2n) is 4.08. The molecule has 0 atom stereocenters. The molecule has 0 heterocycles. The molecule has 0 saturated carbocycles. The second-order valence-corrected chi connectivity index (χ2v) is 4.08. The lowest BCUT2D eigenvalue weighted by Gasteiger charge is -2.13. The van der Waals surface area contributed by atoms with Crippen molar-refractivity contribution in [3.05, 3.63) is 42.5 Å². The highest BCUT2D eigenvalue weighted by Gasteiger charge is 2.12. The maximum absolute atomic E-state index is 11.0. The first-order valence-corrected chi connectivity index (χ1v) is 6.07. The summed E-state index contributed by atoms with van der Waals surface area (Å²) < 4.78 is 15.7. The van der Waals surface area contributed by atoms with Crippen molar-refractivity contribution in [1.29, 1.82) is 0 Å². The van der Waals surface area contributed by atoms with Gasteiger partial charge in [-0.2, -0.15) is 0 Å². The van der Waals surface area contributed by atoms with Crippen LogP contribution in [0.3, 0.4) is 0 Å². The second kappa shape index (κ2) is 6.10. The van der Waals surface area contributed by atoms with Crippen molar-refractivity contribution in [2.45, 2.75) is 6.92 Å². The van der Waals surface area contributed by atoms with Crippen LogP contribution in [0.15, 0.2) is 36.4 Å². The third kappa shape index (κ3) is 2.91. The van der Waals surface area contributed by atoms with Crippen LogP contribution in [0, 0.1) is 6.07 Å². The quantitative estimate of drug-likeness (QED) is 0.633. The Hall–Kier alpha value is -2.49. The number of esters is 1. The zero-order valence-corrected chi connectivity index (χ0v) is 11.6. The van der Waals surface area contributed by atoms with E-state index in [-0.39, 0.29) is 5.97 Å². The highest BCUT2D eigenvalue weighted by atomic mass is 16.5. The van der Waals surface area contributed by atoms with Crippen LogP contribution in [0.5, 0.6) is 17.2 Å². The fourth-order valence-electron chi connectivity index (χ4n) is 1.94. The Kier molecular flexibility index (Phi) is 4.25. The largest absolute Gasteiger partial charge is 0.492 e. The van der Waals surface area contributed by atoms with Gasteiger partial charge in [0.15, 0.2) is 11.5 Å². The van der Waals surface area contributed by atoms with E-state index in [1.807, 2.05) is 18.2 Å². The third-order valence-electron chi connectivity index (χ3n) is 2.73. The Labute approximate surface area is 117 Å². The number of hydrogen-bond acceptors (Lipinski definition) is 4. The van der Waals surface area contributed by atoms with Crippen molar-refractivity contribution < 1.29 is 19.0 Å². The van der Waals surface area contributed by atoms with Crippen LogP contribution in [-0.4, -0.2) is 20.2 Å². The molecule has 0 aromatic heterocycles. The molecule has 0 amide bonds. The summed E-state index contributed by atoms with van der Waals surface area (Å²) in [5, 5.41) is 0. The van der Waals surface area contributed by atoms with Gasteiger partial charge in [0.2, 0.25) is 0 Å². The van der Waals surface area contributed by atoms with E-state index in [9.17, 15) is 4.79 Å². The van der Waals surface area contributed by atoms with Gasteiger partial charge >= 0.3 is 5.97 Å². The Morgan fingerprint density at radius 1 is 1.15 bits per heavy atom. The highest BCUT2D eigenvalue weighted by Crippen LogP contribution is 2.38. The lowest BCUT2D eigenvalue weighted by Crippen LogP contribution is -2.01. The zero-order chi connectivity index (χ0) is 14.5. The molecule has 2 rings (SSSR count). The van der Waals surface area contributed by atoms with Gasteiger partial charge in [-0.05, 0) is 29.8 Å². The predicted octanol–water partition coefficient (Wildman–Crippen LogP) is 3.10. The third-order valence-corrected chi connectivity index (χ3v) is 2.73. The molecule has 20 heavy (non-hydrogen) atoms. The summed E-state index contributed by atoms with van der Waals surface area (Å²) in [4.78, 5) is 11.0. The molecule has 2 aromatic carbocycles. The average Bonchev–Trinajstić information content (AvgIpc) is 2.45. The van der Waals surface area contributed by atoms with E-state index in [0.29, 0.717) is 17.2 Å². The summed E-state index contributed by atoms with van der Waals surface area (Å²) >= 11 is 0. The van der Waals surface area contributed by atoms with Crippen LogP contribution in [0.1, 0.15) is 6.92 Å². The Morgan fingerprint density at radius 3 is 2.60 bits per heavy atom. The molecule has 4 nitrogen and oxygen atoms in total. The van der Waals surface area contributed by atoms with E-state index in [1.165, 1.54) is 6.92 Å². The molecule has 4 heteroatoms. The molecule has 0 aliphatic heterocycles. The van der Waals surface area contributed by atoms with Crippen LogP contribution in [-0.2, 0) is 4.79 Å². The summed E-state index contributed by atoms with van der Waals surface area (Å²) in [6.07, 6.45) is 0. The van der Waals surface area contributed by atoms with Gasteiger partial charge in [0.1, 0.15) is 5.75 Å². The van der Waals surface area contributed by atoms with Crippen molar-refractivity contribution in [2.75, 3.05) is 14.2 Å². The first kappa shape index (κ1) is 13.9. The lowest BCUT2D eigenvalue weighted by atomic mass is 10.0. The Bertz CT molecular complexity index is 620. The molecule has 0 spiro atoms. The van der Waals surface area contributed by atoms with Crippen molar-refractivity contribution >= 4 is 5.97 Å². The molecule has 0 aliphatic carbocycles. The standard InChI is InChI=1S/C16H15O4/c1-11(17)20-13-7-4-6-12(10-13)14-8-5-9-15(18-2)16(14)19-3/h4-8,10H,1-3H3. The number of ether oxygens (including phenoxy) is 3. The van der Waals surface area contributed by atoms with E-state index < -0.39 is 0 Å². The first-order chi connectivity index (χ1) is 9.65. The molecule has 0 saturated heterocycles. The highest BCUT2D eigenvalue weighted by molar-refractivity contribution is 5.76. The summed E-state index contributed by atoms with van der Waals surface area (Å²) in [6, 6.07) is 13.8. The van der Waals surface area contributed by atoms with Crippen molar-refractivity contribution in [2.24, 2.45) is 0 Å². The molecule has 2 aromatic rings. The summed E-state index contributed by atoms with van der Waals surface area (Å²) in [6.45, 7) is 1.37. The van der Waals surface area contributed by atoms with E-state index in [1.54, 1.807) is 32.4 Å². The van der Waals surface area contributed by atoms with Gasteiger partial charge < -0.3 is 14.2 Å². The van der Waals surface area contributed by atoms with E-state index in [2.05, 4.69) is 6.07 Å². The van der Waals surface area contributed by atoms with Crippen LogP contribution >= 0.6 is 0 Å². The SMILES string of the molecule is COc1[c]ccc(-c2cccc(OC(C)=O)c2)c1OC. The van der Waals surface area contributed by atoms with Gasteiger partial charge in [-0.1, -0.05) is 12.1 Å². The molecule has 0 unspecified atom stereocenters. The molecule has 0 N–H and O–H groups in total. The number of methoxy groups -OCH3 is 2. The molecular weight excluding hydrogens is 256 g/mol. The van der Waals surface area contributed by atoms with Crippen LogP contribution in [0.25, 0.3) is 11.1 Å². The minimum absolute atomic E-state index is 0.354. The van der Waals surface area contributed by atoms with Gasteiger partial charge in [-0.3, -0.25) is 4.79 Å². The minimum atomic E-state index is -0.354. The van der Waals surface area contributed by atoms with E-state index in [4.69, 9.17) is 14.2 Å². The summed E-state index contributed by atoms with van der Waals surface area (Å²) in [5.41, 5.74) is 1.71. The van der Waals surface area contributed by atoms with Gasteiger partial charge in [-0.25, -0.2) is 0 Å². The summed E-state index contributed by atoms with van der Waals surface area (Å²) in [7, 11) is 3.14. The smallest absolute Gasteiger partial charge is 0.308 e. The van der Waals surface area contributed by atoms with Crippen molar-refractivity contribution in [3.63, 3.8) is 0 Å². The van der Waals surface area contributed by atoms with Crippen LogP contribution in [0.2, 0.25) is 0 Å². The normalized spacial score (nSPS) is 9.95. The zero-order valence-electron chi connectivity index (χ0n) is 11.6. The first-order valence-electron chi connectivity index (χ1n) is 6.07. The van der Waals surface area contributed by atoms with Crippen LogP contribution in [0.4, 0.5) is 0 Å². The fourth-order valence-corrected chi connectivity index (χ4v) is 1.94. The average molecular weight is 271 g/mol. The monoisotopic (exact) mass is 271 g/mol. The minimum Gasteiger partial charge on any atom is -0.492 e. The number of rotatable bonds is 4. The number of hydrogen-bond donors (Lipinski definition) is 0. The molecule has 103 valence electrons. The van der Waals surface area contributed by atoms with Crippen molar-refractivity contribution in [1.82, 2.24) is 0 Å². The van der Waals surface area contributed by atoms with Crippen molar-refractivity contribution in [3.8, 4) is 28.4 Å². The van der Waals surface area contributed by atoms with Crippen LogP contribution < -0.4 is 14.2 Å². The Morgan fingerprint density at radius 2 is 1.95 bits per heavy atom. The fraction of sp³-hybridized carbons (Fsp3) is 0.188. The topological polar surface area (TPSA) is 44.8 Å². The predicted molar refractivity (Wildman–Crippen MR) is 75.1 cm³/mol. The maximum Gasteiger partial charge on any atom is 0.308 e. The molecule has 1 radical (unpaired) electrons. The van der Waals surface area contributed by atoms with Gasteiger partial charge in [0, 0.05) is 18.6 Å². The number of carbonyl (C=O) groups excluding carboxylic acids is 1.